The number of hydrogen-bond acceptors (Lipinski definition) is 6. The molecule has 1 aliphatic heterocycles. The van der Waals surface area contributed by atoms with Gasteiger partial charge in [0, 0.05) is 13.1 Å². The second-order valence-corrected chi connectivity index (χ2v) is 5.26. The molecule has 0 aromatic carbocycles. The second kappa shape index (κ2) is 6.10. The van der Waals surface area contributed by atoms with E-state index in [9.17, 15) is 10.1 Å². The molecule has 21 heavy (non-hydrogen) atoms. The molecule has 2 heterocycles. The standard InChI is InChI=1S/C15H19N3O3/c1-9-7-18(8-10(2)21-9)14-12(6-16)5-13(11(3)17-14)15(19)20-4/h5,9-10H,7-8H2,1-4H3/t9-,10-/m1/s1. The molecule has 0 spiro atoms. The molecule has 0 amide bonds. The van der Waals surface area contributed by atoms with Crippen molar-refractivity contribution in [2.45, 2.75) is 33.0 Å². The largest absolute Gasteiger partial charge is 0.465 e. The predicted molar refractivity (Wildman–Crippen MR) is 77.3 cm³/mol. The number of nitriles is 1. The average molecular weight is 289 g/mol. The lowest BCUT2D eigenvalue weighted by Gasteiger charge is -2.36. The SMILES string of the molecule is COC(=O)c1cc(C#N)c(N2C[C@@H](C)O[C@H](C)C2)nc1C. The summed E-state index contributed by atoms with van der Waals surface area (Å²) in [7, 11) is 1.31. The fourth-order valence-corrected chi connectivity index (χ4v) is 2.58. The molecule has 6 heteroatoms. The number of ether oxygens (including phenoxy) is 2. The van der Waals surface area contributed by atoms with E-state index >= 15 is 0 Å². The number of nitrogens with zero attached hydrogens (tertiary/aromatic N) is 3. The number of esters is 1. The van der Waals surface area contributed by atoms with Crippen molar-refractivity contribution < 1.29 is 14.3 Å². The number of aromatic nitrogens is 1. The van der Waals surface area contributed by atoms with Gasteiger partial charge in [0.2, 0.25) is 0 Å². The quantitative estimate of drug-likeness (QED) is 0.771. The maximum absolute atomic E-state index is 11.7. The molecule has 1 fully saturated rings. The lowest BCUT2D eigenvalue weighted by atomic mass is 10.1. The van der Waals surface area contributed by atoms with Crippen molar-refractivity contribution in [3.63, 3.8) is 0 Å². The third-order valence-electron chi connectivity index (χ3n) is 3.44. The van der Waals surface area contributed by atoms with Crippen LogP contribution in [-0.2, 0) is 9.47 Å². The Kier molecular flexibility index (Phi) is 4.43. The average Bonchev–Trinajstić information content (AvgIpc) is 2.45. The van der Waals surface area contributed by atoms with Crippen LogP contribution in [-0.4, -0.2) is 43.4 Å². The van der Waals surface area contributed by atoms with Crippen molar-refractivity contribution in [2.24, 2.45) is 0 Å². The zero-order valence-corrected chi connectivity index (χ0v) is 12.7. The Hall–Kier alpha value is -2.13. The van der Waals surface area contributed by atoms with Crippen molar-refractivity contribution in [1.82, 2.24) is 4.98 Å². The molecule has 1 aromatic rings. The Morgan fingerprint density at radius 2 is 2.10 bits per heavy atom. The minimum absolute atomic E-state index is 0.0719. The van der Waals surface area contributed by atoms with Crippen LogP contribution in [0.2, 0.25) is 0 Å². The molecule has 0 aliphatic carbocycles. The molecular weight excluding hydrogens is 270 g/mol. The lowest BCUT2D eigenvalue weighted by Crippen LogP contribution is -2.46. The summed E-state index contributed by atoms with van der Waals surface area (Å²) < 4.78 is 10.4. The highest BCUT2D eigenvalue weighted by atomic mass is 16.5. The van der Waals surface area contributed by atoms with Gasteiger partial charge in [-0.15, -0.1) is 0 Å². The summed E-state index contributed by atoms with van der Waals surface area (Å²) in [4.78, 5) is 18.2. The molecule has 0 N–H and O–H groups in total. The number of morpholine rings is 1. The van der Waals surface area contributed by atoms with Gasteiger partial charge in [0.05, 0.1) is 36.1 Å². The van der Waals surface area contributed by atoms with Crippen LogP contribution < -0.4 is 4.90 Å². The molecule has 0 unspecified atom stereocenters. The number of rotatable bonds is 2. The maximum atomic E-state index is 11.7. The Morgan fingerprint density at radius 1 is 1.48 bits per heavy atom. The van der Waals surface area contributed by atoms with Crippen molar-refractivity contribution in [3.8, 4) is 6.07 Å². The number of pyridine rings is 1. The van der Waals surface area contributed by atoms with Gasteiger partial charge >= 0.3 is 5.97 Å². The third kappa shape index (κ3) is 3.14. The van der Waals surface area contributed by atoms with Gasteiger partial charge in [0.25, 0.3) is 0 Å². The van der Waals surface area contributed by atoms with E-state index in [-0.39, 0.29) is 12.2 Å². The Morgan fingerprint density at radius 3 is 2.62 bits per heavy atom. The molecule has 0 bridgehead atoms. The first-order valence-corrected chi connectivity index (χ1v) is 6.86. The van der Waals surface area contributed by atoms with E-state index in [0.29, 0.717) is 35.7 Å². The monoisotopic (exact) mass is 289 g/mol. The van der Waals surface area contributed by atoms with Crippen LogP contribution >= 0.6 is 0 Å². The van der Waals surface area contributed by atoms with Crippen molar-refractivity contribution in [1.29, 1.82) is 5.26 Å². The number of carbonyl (C=O) groups excluding carboxylic acids is 1. The van der Waals surface area contributed by atoms with E-state index < -0.39 is 5.97 Å². The first-order chi connectivity index (χ1) is 9.96. The minimum atomic E-state index is -0.480. The van der Waals surface area contributed by atoms with E-state index in [4.69, 9.17) is 9.47 Å². The summed E-state index contributed by atoms with van der Waals surface area (Å²) in [5, 5.41) is 9.35. The Bertz CT molecular complexity index is 585. The summed E-state index contributed by atoms with van der Waals surface area (Å²) in [6, 6.07) is 3.67. The van der Waals surface area contributed by atoms with Crippen molar-refractivity contribution >= 4 is 11.8 Å². The molecule has 1 aliphatic rings. The summed E-state index contributed by atoms with van der Waals surface area (Å²) in [6.45, 7) is 7.06. The zero-order valence-electron chi connectivity index (χ0n) is 12.7. The van der Waals surface area contributed by atoms with Crippen LogP contribution in [0.25, 0.3) is 0 Å². The van der Waals surface area contributed by atoms with E-state index in [1.165, 1.54) is 7.11 Å². The number of carbonyl (C=O) groups is 1. The van der Waals surface area contributed by atoms with E-state index in [0.717, 1.165) is 0 Å². The lowest BCUT2D eigenvalue weighted by molar-refractivity contribution is -0.00549. The van der Waals surface area contributed by atoms with Crippen LogP contribution in [0.1, 0.15) is 35.5 Å². The number of hydrogen-bond donors (Lipinski definition) is 0. The van der Waals surface area contributed by atoms with Gasteiger partial charge in [0.15, 0.2) is 0 Å². The maximum Gasteiger partial charge on any atom is 0.339 e. The van der Waals surface area contributed by atoms with Gasteiger partial charge in [-0.05, 0) is 26.8 Å². The molecule has 1 aromatic heterocycles. The predicted octanol–water partition coefficient (Wildman–Crippen LogP) is 1.66. The van der Waals surface area contributed by atoms with Gasteiger partial charge in [-0.3, -0.25) is 0 Å². The fourth-order valence-electron chi connectivity index (χ4n) is 2.58. The molecule has 2 atom stereocenters. The number of aryl methyl sites for hydroxylation is 1. The van der Waals surface area contributed by atoms with Gasteiger partial charge in [-0.1, -0.05) is 0 Å². The van der Waals surface area contributed by atoms with Crippen LogP contribution in [0.15, 0.2) is 6.07 Å². The fraction of sp³-hybridized carbons (Fsp3) is 0.533. The molecule has 112 valence electrons. The van der Waals surface area contributed by atoms with Crippen LogP contribution in [0.5, 0.6) is 0 Å². The Balaban J connectivity index is 2.42. The summed E-state index contributed by atoms with van der Waals surface area (Å²) in [5.41, 5.74) is 1.26. The minimum Gasteiger partial charge on any atom is -0.465 e. The van der Waals surface area contributed by atoms with Gasteiger partial charge in [-0.2, -0.15) is 5.26 Å². The van der Waals surface area contributed by atoms with Gasteiger partial charge < -0.3 is 14.4 Å². The molecule has 2 rings (SSSR count). The molecular formula is C15H19N3O3. The molecule has 0 saturated carbocycles. The van der Waals surface area contributed by atoms with Crippen LogP contribution in [0.4, 0.5) is 5.82 Å². The second-order valence-electron chi connectivity index (χ2n) is 5.26. The first kappa shape index (κ1) is 15.3. The van der Waals surface area contributed by atoms with Crippen LogP contribution in [0, 0.1) is 18.3 Å². The smallest absolute Gasteiger partial charge is 0.339 e. The third-order valence-corrected chi connectivity index (χ3v) is 3.44. The summed E-state index contributed by atoms with van der Waals surface area (Å²) in [5.74, 6) is 0.122. The van der Waals surface area contributed by atoms with Gasteiger partial charge in [0.1, 0.15) is 11.9 Å². The number of methoxy groups -OCH3 is 1. The topological polar surface area (TPSA) is 75.5 Å². The number of anilines is 1. The van der Waals surface area contributed by atoms with E-state index in [2.05, 4.69) is 11.1 Å². The zero-order chi connectivity index (χ0) is 15.6. The Labute approximate surface area is 124 Å². The van der Waals surface area contributed by atoms with Crippen molar-refractivity contribution in [3.05, 3.63) is 22.9 Å². The normalized spacial score (nSPS) is 21.8. The van der Waals surface area contributed by atoms with E-state index in [1.807, 2.05) is 18.7 Å². The summed E-state index contributed by atoms with van der Waals surface area (Å²) in [6.07, 6.45) is 0.144. The van der Waals surface area contributed by atoms with E-state index in [1.54, 1.807) is 13.0 Å². The highest BCUT2D eigenvalue weighted by Crippen LogP contribution is 2.24. The van der Waals surface area contributed by atoms with Crippen molar-refractivity contribution in [2.75, 3.05) is 25.1 Å². The highest BCUT2D eigenvalue weighted by molar-refractivity contribution is 5.91. The summed E-state index contributed by atoms with van der Waals surface area (Å²) >= 11 is 0. The van der Waals surface area contributed by atoms with Crippen LogP contribution in [0.3, 0.4) is 0 Å². The molecule has 6 nitrogen and oxygen atoms in total. The van der Waals surface area contributed by atoms with Gasteiger partial charge in [-0.25, -0.2) is 9.78 Å². The first-order valence-electron chi connectivity index (χ1n) is 6.86. The highest BCUT2D eigenvalue weighted by Gasteiger charge is 2.26. The molecule has 0 radical (unpaired) electrons. The molecule has 1 saturated heterocycles.